The van der Waals surface area contributed by atoms with Crippen molar-refractivity contribution in [2.24, 2.45) is 0 Å². The van der Waals surface area contributed by atoms with Crippen molar-refractivity contribution < 1.29 is 4.39 Å². The van der Waals surface area contributed by atoms with Gasteiger partial charge in [-0.05, 0) is 41.5 Å². The summed E-state index contributed by atoms with van der Waals surface area (Å²) in [5.74, 6) is -0.372. The summed E-state index contributed by atoms with van der Waals surface area (Å²) in [6.07, 6.45) is 1.75. The Morgan fingerprint density at radius 1 is 1.11 bits per heavy atom. The van der Waals surface area contributed by atoms with Crippen molar-refractivity contribution in [1.29, 1.82) is 0 Å². The van der Waals surface area contributed by atoms with Crippen LogP contribution in [0.3, 0.4) is 0 Å². The molecule has 0 amide bonds. The molecule has 0 atom stereocenters. The SMILES string of the molecule is O=c1nc2s/c(=C/c3ccc(Cl)cc3Cl)c(=O)n2nc1Cc1ccc(F)cc1. The topological polar surface area (TPSA) is 64.3 Å². The molecule has 4 rings (SSSR count). The maximum Gasteiger partial charge on any atom is 0.296 e. The van der Waals surface area contributed by atoms with Crippen molar-refractivity contribution >= 4 is 45.6 Å². The Kier molecular flexibility index (Phi) is 4.97. The van der Waals surface area contributed by atoms with Crippen molar-refractivity contribution in [3.63, 3.8) is 0 Å². The molecule has 0 saturated carbocycles. The van der Waals surface area contributed by atoms with Gasteiger partial charge in [-0.3, -0.25) is 9.59 Å². The fraction of sp³-hybridized carbons (Fsp3) is 0.0526. The van der Waals surface area contributed by atoms with E-state index in [4.69, 9.17) is 23.2 Å². The highest BCUT2D eigenvalue weighted by molar-refractivity contribution is 7.15. The summed E-state index contributed by atoms with van der Waals surface area (Å²) in [4.78, 5) is 29.1. The lowest BCUT2D eigenvalue weighted by molar-refractivity contribution is 0.627. The van der Waals surface area contributed by atoms with Crippen LogP contribution in [0.5, 0.6) is 0 Å². The summed E-state index contributed by atoms with van der Waals surface area (Å²) >= 11 is 13.1. The van der Waals surface area contributed by atoms with E-state index in [0.29, 0.717) is 25.7 Å². The van der Waals surface area contributed by atoms with Crippen LogP contribution in [0, 0.1) is 5.82 Å². The molecule has 9 heteroatoms. The molecule has 0 fully saturated rings. The Bertz CT molecular complexity index is 1370. The number of aromatic nitrogens is 3. The summed E-state index contributed by atoms with van der Waals surface area (Å²) in [5.41, 5.74) is 0.481. The minimum Gasteiger partial charge on any atom is -0.266 e. The molecule has 0 aliphatic rings. The minimum absolute atomic E-state index is 0.107. The number of rotatable bonds is 3. The van der Waals surface area contributed by atoms with Gasteiger partial charge in [-0.15, -0.1) is 0 Å². The molecular weight excluding hydrogens is 424 g/mol. The molecule has 0 saturated heterocycles. The normalized spacial score (nSPS) is 12.0. The highest BCUT2D eigenvalue weighted by Gasteiger charge is 2.12. The third kappa shape index (κ3) is 3.69. The molecule has 2 heterocycles. The quantitative estimate of drug-likeness (QED) is 0.497. The number of benzene rings is 2. The maximum absolute atomic E-state index is 13.0. The Balaban J connectivity index is 1.81. The lowest BCUT2D eigenvalue weighted by atomic mass is 10.1. The fourth-order valence-electron chi connectivity index (χ4n) is 2.61. The summed E-state index contributed by atoms with van der Waals surface area (Å²) in [7, 11) is 0. The maximum atomic E-state index is 13.0. The van der Waals surface area contributed by atoms with Crippen molar-refractivity contribution in [2.45, 2.75) is 6.42 Å². The van der Waals surface area contributed by atoms with Gasteiger partial charge in [-0.25, -0.2) is 4.39 Å². The van der Waals surface area contributed by atoms with Crippen molar-refractivity contribution in [1.82, 2.24) is 14.6 Å². The summed E-state index contributed by atoms with van der Waals surface area (Å²) in [5, 5.41) is 5.05. The molecule has 140 valence electrons. The van der Waals surface area contributed by atoms with Gasteiger partial charge in [0, 0.05) is 16.5 Å². The van der Waals surface area contributed by atoms with E-state index in [0.717, 1.165) is 15.9 Å². The monoisotopic (exact) mass is 433 g/mol. The Hall–Kier alpha value is -2.61. The van der Waals surface area contributed by atoms with E-state index in [9.17, 15) is 14.0 Å². The van der Waals surface area contributed by atoms with Gasteiger partial charge >= 0.3 is 0 Å². The lowest BCUT2D eigenvalue weighted by Gasteiger charge is -2.00. The fourth-order valence-corrected chi connectivity index (χ4v) is 3.97. The zero-order valence-electron chi connectivity index (χ0n) is 14.0. The average Bonchev–Trinajstić information content (AvgIpc) is 2.94. The number of hydrogen-bond donors (Lipinski definition) is 0. The summed E-state index contributed by atoms with van der Waals surface area (Å²) in [6.45, 7) is 0. The van der Waals surface area contributed by atoms with Gasteiger partial charge < -0.3 is 0 Å². The van der Waals surface area contributed by atoms with Gasteiger partial charge in [0.25, 0.3) is 11.1 Å². The van der Waals surface area contributed by atoms with E-state index in [1.165, 1.54) is 12.1 Å². The standard InChI is InChI=1S/C19H10Cl2FN3O2S/c20-12-4-3-11(14(21)9-12)8-16-18(27)25-19(28-16)23-17(26)15(24-25)7-10-1-5-13(22)6-2-10/h1-6,8-9H,7H2/b16-8+. The third-order valence-corrected chi connectivity index (χ3v) is 5.51. The van der Waals surface area contributed by atoms with Crippen LogP contribution >= 0.6 is 34.5 Å². The molecule has 0 aliphatic carbocycles. The number of hydrogen-bond acceptors (Lipinski definition) is 5. The van der Waals surface area contributed by atoms with Crippen LogP contribution in [0.2, 0.25) is 10.0 Å². The van der Waals surface area contributed by atoms with Crippen LogP contribution in [0.25, 0.3) is 11.0 Å². The van der Waals surface area contributed by atoms with E-state index >= 15 is 0 Å². The zero-order chi connectivity index (χ0) is 19.8. The molecule has 0 bridgehead atoms. The predicted molar refractivity (Wildman–Crippen MR) is 108 cm³/mol. The third-order valence-electron chi connectivity index (χ3n) is 3.98. The minimum atomic E-state index is -0.526. The van der Waals surface area contributed by atoms with Crippen molar-refractivity contribution in [3.8, 4) is 0 Å². The smallest absolute Gasteiger partial charge is 0.266 e. The Morgan fingerprint density at radius 2 is 1.86 bits per heavy atom. The number of nitrogens with zero attached hydrogens (tertiary/aromatic N) is 3. The first-order chi connectivity index (χ1) is 13.4. The number of halogens is 3. The second-order valence-electron chi connectivity index (χ2n) is 5.94. The second kappa shape index (κ2) is 7.43. The van der Waals surface area contributed by atoms with Crippen LogP contribution in [0.15, 0.2) is 52.1 Å². The predicted octanol–water partition coefficient (Wildman–Crippen LogP) is 3.10. The average molecular weight is 434 g/mol. The lowest BCUT2D eigenvalue weighted by Crippen LogP contribution is -2.28. The molecule has 4 aromatic rings. The molecule has 2 aromatic heterocycles. The van der Waals surface area contributed by atoms with Gasteiger partial charge in [0.15, 0.2) is 0 Å². The first-order valence-electron chi connectivity index (χ1n) is 8.05. The summed E-state index contributed by atoms with van der Waals surface area (Å²) < 4.78 is 14.5. The number of fused-ring (bicyclic) bond motifs is 1. The Morgan fingerprint density at radius 3 is 2.57 bits per heavy atom. The molecule has 0 aliphatic heterocycles. The highest BCUT2D eigenvalue weighted by atomic mass is 35.5. The molecular formula is C19H10Cl2FN3O2S. The molecule has 2 aromatic carbocycles. The van der Waals surface area contributed by atoms with Gasteiger partial charge in [0.05, 0.1) is 4.53 Å². The molecule has 28 heavy (non-hydrogen) atoms. The van der Waals surface area contributed by atoms with Gasteiger partial charge in [-0.2, -0.15) is 14.6 Å². The van der Waals surface area contributed by atoms with Crippen LogP contribution in [0.4, 0.5) is 4.39 Å². The first kappa shape index (κ1) is 18.7. The van der Waals surface area contributed by atoms with Crippen molar-refractivity contribution in [2.75, 3.05) is 0 Å². The number of thiazole rings is 1. The molecule has 0 spiro atoms. The van der Waals surface area contributed by atoms with Gasteiger partial charge in [-0.1, -0.05) is 52.7 Å². The van der Waals surface area contributed by atoms with Gasteiger partial charge in [0.1, 0.15) is 11.5 Å². The molecule has 0 radical (unpaired) electrons. The first-order valence-corrected chi connectivity index (χ1v) is 9.62. The molecule has 0 unspecified atom stereocenters. The highest BCUT2D eigenvalue weighted by Crippen LogP contribution is 2.21. The van der Waals surface area contributed by atoms with E-state index in [2.05, 4.69) is 10.1 Å². The van der Waals surface area contributed by atoms with E-state index < -0.39 is 11.1 Å². The summed E-state index contributed by atoms with van der Waals surface area (Å²) in [6, 6.07) is 10.6. The molecule has 5 nitrogen and oxygen atoms in total. The largest absolute Gasteiger partial charge is 0.296 e. The van der Waals surface area contributed by atoms with E-state index in [1.807, 2.05) is 0 Å². The van der Waals surface area contributed by atoms with Crippen LogP contribution in [0.1, 0.15) is 16.8 Å². The van der Waals surface area contributed by atoms with E-state index in [1.54, 1.807) is 36.4 Å². The zero-order valence-corrected chi connectivity index (χ0v) is 16.4. The Labute approximate surface area is 171 Å². The van der Waals surface area contributed by atoms with Gasteiger partial charge in [0.2, 0.25) is 4.96 Å². The van der Waals surface area contributed by atoms with E-state index in [-0.39, 0.29) is 22.9 Å². The van der Waals surface area contributed by atoms with Crippen LogP contribution in [-0.2, 0) is 6.42 Å². The van der Waals surface area contributed by atoms with Crippen molar-refractivity contribution in [3.05, 3.63) is 100 Å². The second-order valence-corrected chi connectivity index (χ2v) is 7.80. The molecule has 0 N–H and O–H groups in total. The van der Waals surface area contributed by atoms with Crippen LogP contribution in [-0.4, -0.2) is 14.6 Å². The van der Waals surface area contributed by atoms with Crippen LogP contribution < -0.4 is 15.7 Å².